The number of thioether (sulfide) groups is 1. The number of amides is 2. The van der Waals surface area contributed by atoms with Crippen LogP contribution in [0.25, 0.3) is 0 Å². The molecule has 2 amide bonds. The molecule has 1 unspecified atom stereocenters. The van der Waals surface area contributed by atoms with Crippen LogP contribution in [0.3, 0.4) is 0 Å². The van der Waals surface area contributed by atoms with Crippen molar-refractivity contribution >= 4 is 23.6 Å². The van der Waals surface area contributed by atoms with Crippen molar-refractivity contribution < 1.29 is 14.3 Å². The van der Waals surface area contributed by atoms with Gasteiger partial charge in [0.05, 0.1) is 5.25 Å². The minimum Gasteiger partial charge on any atom is -0.483 e. The summed E-state index contributed by atoms with van der Waals surface area (Å²) in [5.41, 5.74) is 8.24. The summed E-state index contributed by atoms with van der Waals surface area (Å²) in [5.74, 6) is 0.403. The number of carbonyl (C=O) groups is 2. The highest BCUT2D eigenvalue weighted by atomic mass is 32.2. The molecule has 1 atom stereocenters. The summed E-state index contributed by atoms with van der Waals surface area (Å²) in [6.07, 6.45) is 0.667. The summed E-state index contributed by atoms with van der Waals surface area (Å²) in [7, 11) is 0. The summed E-state index contributed by atoms with van der Waals surface area (Å²) in [4.78, 5) is 25.5. The molecule has 2 aromatic carbocycles. The van der Waals surface area contributed by atoms with Gasteiger partial charge in [-0.15, -0.1) is 11.8 Å². The Morgan fingerprint density at radius 3 is 2.70 bits per heavy atom. The number of rotatable bonds is 5. The Kier molecular flexibility index (Phi) is 6.06. The molecule has 0 radical (unpaired) electrons. The number of hydrogen-bond acceptors (Lipinski definition) is 4. The van der Waals surface area contributed by atoms with Crippen molar-refractivity contribution in [1.29, 1.82) is 0 Å². The van der Waals surface area contributed by atoms with Crippen LogP contribution in [-0.2, 0) is 16.0 Å². The van der Waals surface area contributed by atoms with Gasteiger partial charge in [-0.1, -0.05) is 44.2 Å². The molecule has 142 valence electrons. The van der Waals surface area contributed by atoms with Crippen molar-refractivity contribution in [2.75, 3.05) is 6.61 Å². The van der Waals surface area contributed by atoms with E-state index in [9.17, 15) is 9.59 Å². The van der Waals surface area contributed by atoms with Crippen LogP contribution in [0.1, 0.15) is 36.5 Å². The average Bonchev–Trinajstić information content (AvgIpc) is 3.08. The smallest absolute Gasteiger partial charge is 0.276 e. The summed E-state index contributed by atoms with van der Waals surface area (Å²) < 4.78 is 5.68. The predicted octanol–water partition coefficient (Wildman–Crippen LogP) is 3.36. The minimum atomic E-state index is -0.389. The van der Waals surface area contributed by atoms with Gasteiger partial charge in [0.15, 0.2) is 6.61 Å². The second-order valence-corrected chi connectivity index (χ2v) is 8.18. The molecule has 2 aromatic rings. The van der Waals surface area contributed by atoms with Gasteiger partial charge >= 0.3 is 0 Å². The number of ether oxygens (including phenoxy) is 1. The van der Waals surface area contributed by atoms with Gasteiger partial charge in [-0.05, 0) is 48.1 Å². The normalized spacial score (nSPS) is 15.3. The first-order valence-corrected chi connectivity index (χ1v) is 9.88. The maximum Gasteiger partial charge on any atom is 0.276 e. The molecule has 0 aliphatic carbocycles. The summed E-state index contributed by atoms with van der Waals surface area (Å²) in [6, 6.07) is 13.9. The van der Waals surface area contributed by atoms with E-state index in [0.29, 0.717) is 18.1 Å². The molecule has 27 heavy (non-hydrogen) atoms. The van der Waals surface area contributed by atoms with E-state index >= 15 is 0 Å². The van der Waals surface area contributed by atoms with Gasteiger partial charge in [0, 0.05) is 4.90 Å². The van der Waals surface area contributed by atoms with Crippen molar-refractivity contribution in [3.05, 3.63) is 59.2 Å². The zero-order chi connectivity index (χ0) is 19.4. The zero-order valence-corrected chi connectivity index (χ0v) is 16.6. The second kappa shape index (κ2) is 8.48. The van der Waals surface area contributed by atoms with Gasteiger partial charge < -0.3 is 4.74 Å². The Labute approximate surface area is 163 Å². The topological polar surface area (TPSA) is 67.4 Å². The fraction of sp³-hybridized carbons (Fsp3) is 0.333. The Hall–Kier alpha value is -2.47. The van der Waals surface area contributed by atoms with Gasteiger partial charge in [0.2, 0.25) is 0 Å². The number of hydrazine groups is 1. The van der Waals surface area contributed by atoms with Crippen molar-refractivity contribution in [3.63, 3.8) is 0 Å². The van der Waals surface area contributed by atoms with Crippen LogP contribution in [0, 0.1) is 6.92 Å². The van der Waals surface area contributed by atoms with Gasteiger partial charge in [-0.25, -0.2) is 0 Å². The molecule has 6 heteroatoms. The van der Waals surface area contributed by atoms with Gasteiger partial charge in [-0.2, -0.15) is 0 Å². The third kappa shape index (κ3) is 4.83. The van der Waals surface area contributed by atoms with E-state index in [0.717, 1.165) is 21.6 Å². The van der Waals surface area contributed by atoms with Gasteiger partial charge in [-0.3, -0.25) is 20.4 Å². The van der Waals surface area contributed by atoms with Gasteiger partial charge in [0.25, 0.3) is 11.8 Å². The number of nitrogens with one attached hydrogen (secondary N) is 2. The van der Waals surface area contributed by atoms with Crippen LogP contribution in [0.2, 0.25) is 0 Å². The fourth-order valence-corrected chi connectivity index (χ4v) is 4.16. The molecule has 0 bridgehead atoms. The molecule has 5 nitrogen and oxygen atoms in total. The SMILES string of the molecule is Cc1ccc(C(C)C)c(OCC(=O)NNC(=O)C2Cc3ccccc3S2)c1. The van der Waals surface area contributed by atoms with Crippen LogP contribution in [-0.4, -0.2) is 23.7 Å². The molecule has 0 aromatic heterocycles. The highest BCUT2D eigenvalue weighted by Crippen LogP contribution is 2.36. The van der Waals surface area contributed by atoms with Crippen LogP contribution in [0.15, 0.2) is 47.4 Å². The monoisotopic (exact) mass is 384 g/mol. The minimum absolute atomic E-state index is 0.151. The molecule has 1 aliphatic rings. The maximum atomic E-state index is 12.3. The first-order chi connectivity index (χ1) is 12.9. The van der Waals surface area contributed by atoms with Crippen molar-refractivity contribution in [1.82, 2.24) is 10.9 Å². The van der Waals surface area contributed by atoms with Gasteiger partial charge in [0.1, 0.15) is 5.75 Å². The number of fused-ring (bicyclic) bond motifs is 1. The number of aryl methyl sites for hydroxylation is 1. The number of carbonyl (C=O) groups excluding carboxylic acids is 2. The quantitative estimate of drug-likeness (QED) is 0.776. The van der Waals surface area contributed by atoms with Crippen LogP contribution >= 0.6 is 11.8 Å². The zero-order valence-electron chi connectivity index (χ0n) is 15.7. The average molecular weight is 385 g/mol. The molecule has 0 fully saturated rings. The fourth-order valence-electron chi connectivity index (χ4n) is 2.96. The standard InChI is InChI=1S/C21H24N2O3S/c1-13(2)16-9-8-14(3)10-17(16)26-12-20(24)22-23-21(25)19-11-15-6-4-5-7-18(15)27-19/h4-10,13,19H,11-12H2,1-3H3,(H,22,24)(H,23,25). The van der Waals surface area contributed by atoms with E-state index in [1.165, 1.54) is 11.8 Å². The lowest BCUT2D eigenvalue weighted by Crippen LogP contribution is -2.47. The molecular formula is C21H24N2O3S. The van der Waals surface area contributed by atoms with E-state index < -0.39 is 0 Å². The van der Waals surface area contributed by atoms with Crippen molar-refractivity contribution in [3.8, 4) is 5.75 Å². The van der Waals surface area contributed by atoms with E-state index in [4.69, 9.17) is 4.74 Å². The largest absolute Gasteiger partial charge is 0.483 e. The summed E-state index contributed by atoms with van der Waals surface area (Å²) >= 11 is 1.52. The first-order valence-electron chi connectivity index (χ1n) is 9.00. The van der Waals surface area contributed by atoms with Crippen molar-refractivity contribution in [2.24, 2.45) is 0 Å². The Balaban J connectivity index is 1.48. The Morgan fingerprint density at radius 1 is 1.19 bits per heavy atom. The molecule has 0 saturated heterocycles. The van der Waals surface area contributed by atoms with Crippen molar-refractivity contribution in [2.45, 2.75) is 43.3 Å². The molecule has 2 N–H and O–H groups in total. The maximum absolute atomic E-state index is 12.3. The summed E-state index contributed by atoms with van der Waals surface area (Å²) in [6.45, 7) is 5.99. The molecule has 1 heterocycles. The van der Waals surface area contributed by atoms with E-state index in [2.05, 4.69) is 24.7 Å². The van der Waals surface area contributed by atoms with Crippen LogP contribution in [0.4, 0.5) is 0 Å². The third-order valence-corrected chi connectivity index (χ3v) is 5.73. The van der Waals surface area contributed by atoms with Crippen LogP contribution < -0.4 is 15.6 Å². The van der Waals surface area contributed by atoms with Crippen LogP contribution in [0.5, 0.6) is 5.75 Å². The molecule has 1 aliphatic heterocycles. The van der Waals surface area contributed by atoms with E-state index in [1.54, 1.807) is 0 Å². The highest BCUT2D eigenvalue weighted by molar-refractivity contribution is 8.01. The lowest BCUT2D eigenvalue weighted by Gasteiger charge is -2.15. The molecule has 0 spiro atoms. The number of benzene rings is 2. The van der Waals surface area contributed by atoms with E-state index in [-0.39, 0.29) is 23.7 Å². The van der Waals surface area contributed by atoms with E-state index in [1.807, 2.05) is 49.4 Å². The third-order valence-electron chi connectivity index (χ3n) is 4.41. The molecule has 3 rings (SSSR count). The lowest BCUT2D eigenvalue weighted by molar-refractivity contribution is -0.129. The molecule has 0 saturated carbocycles. The Morgan fingerprint density at radius 2 is 1.96 bits per heavy atom. The second-order valence-electron chi connectivity index (χ2n) is 6.94. The first kappa shape index (κ1) is 19.3. The Bertz CT molecular complexity index is 826. The predicted molar refractivity (Wildman–Crippen MR) is 107 cm³/mol. The lowest BCUT2D eigenvalue weighted by atomic mass is 10.0. The highest BCUT2D eigenvalue weighted by Gasteiger charge is 2.28. The summed E-state index contributed by atoms with van der Waals surface area (Å²) in [5, 5.41) is -0.229. The molecular weight excluding hydrogens is 360 g/mol. The number of hydrogen-bond donors (Lipinski definition) is 2.